The topological polar surface area (TPSA) is 95.2 Å². The molecule has 1 atom stereocenters. The largest absolute Gasteiger partial charge is 0.329 e. The maximum atomic E-state index is 13.1. The van der Waals surface area contributed by atoms with E-state index in [-0.39, 0.29) is 12.1 Å². The first kappa shape index (κ1) is 11.5. The summed E-state index contributed by atoms with van der Waals surface area (Å²) in [6.07, 6.45) is 0. The molecule has 82 valence electrons. The van der Waals surface area contributed by atoms with Crippen molar-refractivity contribution >= 4 is 5.69 Å². The zero-order valence-electron chi connectivity index (χ0n) is 7.61. The van der Waals surface area contributed by atoms with Gasteiger partial charge in [-0.15, -0.1) is 0 Å². The highest BCUT2D eigenvalue weighted by molar-refractivity contribution is 5.38. The van der Waals surface area contributed by atoms with Crippen molar-refractivity contribution in [1.29, 1.82) is 0 Å². The molecule has 0 aromatic heterocycles. The minimum Gasteiger partial charge on any atom is -0.329 e. The quantitative estimate of drug-likeness (QED) is 0.579. The van der Waals surface area contributed by atoms with E-state index in [9.17, 15) is 18.9 Å². The maximum absolute atomic E-state index is 13.1. The lowest BCUT2D eigenvalue weighted by atomic mass is 10.1. The number of hydrogen-bond acceptors (Lipinski definition) is 4. The van der Waals surface area contributed by atoms with Crippen molar-refractivity contribution in [2.45, 2.75) is 6.04 Å². The van der Waals surface area contributed by atoms with Crippen LogP contribution in [0.3, 0.4) is 0 Å². The van der Waals surface area contributed by atoms with Crippen molar-refractivity contribution in [2.75, 3.05) is 6.54 Å². The molecule has 0 spiro atoms. The van der Waals surface area contributed by atoms with Gasteiger partial charge >= 0.3 is 5.69 Å². The molecular formula is C8H9F2N3O2. The highest BCUT2D eigenvalue weighted by Crippen LogP contribution is 2.24. The third-order valence-corrected chi connectivity index (χ3v) is 1.92. The molecule has 0 aliphatic rings. The highest BCUT2D eigenvalue weighted by atomic mass is 19.1. The van der Waals surface area contributed by atoms with Gasteiger partial charge < -0.3 is 11.5 Å². The molecule has 0 fully saturated rings. The minimum absolute atomic E-state index is 0.0836. The lowest BCUT2D eigenvalue weighted by Gasteiger charge is -2.09. The zero-order chi connectivity index (χ0) is 11.6. The van der Waals surface area contributed by atoms with E-state index in [2.05, 4.69) is 0 Å². The number of nitrogens with two attached hydrogens (primary N) is 2. The van der Waals surface area contributed by atoms with E-state index in [4.69, 9.17) is 11.5 Å². The van der Waals surface area contributed by atoms with Crippen LogP contribution in [0, 0.1) is 21.7 Å². The Hall–Kier alpha value is -1.60. The van der Waals surface area contributed by atoms with E-state index in [0.29, 0.717) is 6.07 Å². The Labute approximate surface area is 83.8 Å². The summed E-state index contributed by atoms with van der Waals surface area (Å²) in [6, 6.07) is 0.315. The van der Waals surface area contributed by atoms with Crippen LogP contribution in [-0.2, 0) is 0 Å². The molecule has 5 nitrogen and oxygen atoms in total. The molecule has 0 unspecified atom stereocenters. The normalized spacial score (nSPS) is 12.5. The summed E-state index contributed by atoms with van der Waals surface area (Å²) >= 11 is 0. The summed E-state index contributed by atoms with van der Waals surface area (Å²) in [5, 5.41) is 10.4. The summed E-state index contributed by atoms with van der Waals surface area (Å²) in [5.74, 6) is -2.17. The van der Waals surface area contributed by atoms with E-state index < -0.39 is 28.3 Å². The molecule has 1 aromatic carbocycles. The number of nitro groups is 1. The van der Waals surface area contributed by atoms with Crippen molar-refractivity contribution in [3.8, 4) is 0 Å². The molecule has 0 radical (unpaired) electrons. The second-order valence-electron chi connectivity index (χ2n) is 2.92. The van der Waals surface area contributed by atoms with Gasteiger partial charge in [0.05, 0.1) is 4.92 Å². The van der Waals surface area contributed by atoms with Crippen LogP contribution in [0.25, 0.3) is 0 Å². The Bertz CT molecular complexity index is 398. The minimum atomic E-state index is -1.23. The van der Waals surface area contributed by atoms with Crippen molar-refractivity contribution in [2.24, 2.45) is 11.5 Å². The van der Waals surface area contributed by atoms with Gasteiger partial charge in [0.15, 0.2) is 0 Å². The lowest BCUT2D eigenvalue weighted by molar-refractivity contribution is -0.387. The smallest absolute Gasteiger partial charge is 0.305 e. The number of nitrogens with zero attached hydrogens (tertiary/aromatic N) is 1. The van der Waals surface area contributed by atoms with Crippen molar-refractivity contribution in [1.82, 2.24) is 0 Å². The van der Waals surface area contributed by atoms with Gasteiger partial charge in [0.1, 0.15) is 5.82 Å². The molecule has 0 aliphatic heterocycles. The van der Waals surface area contributed by atoms with Crippen LogP contribution in [0.1, 0.15) is 11.6 Å². The third-order valence-electron chi connectivity index (χ3n) is 1.92. The molecule has 1 aromatic rings. The molecule has 0 aliphatic carbocycles. The SMILES string of the molecule is NC[C@@H](N)c1cc([N+](=O)[O-])c(F)cc1F. The summed E-state index contributed by atoms with van der Waals surface area (Å²) in [4.78, 5) is 9.42. The second kappa shape index (κ2) is 4.28. The Morgan fingerprint density at radius 3 is 2.47 bits per heavy atom. The third kappa shape index (κ3) is 2.25. The van der Waals surface area contributed by atoms with Crippen LogP contribution in [0.2, 0.25) is 0 Å². The van der Waals surface area contributed by atoms with Crippen LogP contribution in [0.15, 0.2) is 12.1 Å². The van der Waals surface area contributed by atoms with E-state index in [1.54, 1.807) is 0 Å². The first-order valence-electron chi connectivity index (χ1n) is 4.06. The summed E-state index contributed by atoms with van der Waals surface area (Å²) in [5.41, 5.74) is 9.61. The van der Waals surface area contributed by atoms with Gasteiger partial charge in [-0.05, 0) is 0 Å². The average Bonchev–Trinajstić information content (AvgIpc) is 2.16. The molecule has 0 heterocycles. The molecule has 4 N–H and O–H groups in total. The zero-order valence-corrected chi connectivity index (χ0v) is 7.61. The highest BCUT2D eigenvalue weighted by Gasteiger charge is 2.20. The van der Waals surface area contributed by atoms with Gasteiger partial charge in [-0.3, -0.25) is 10.1 Å². The van der Waals surface area contributed by atoms with Crippen molar-refractivity contribution in [3.63, 3.8) is 0 Å². The Morgan fingerprint density at radius 1 is 1.40 bits per heavy atom. The summed E-state index contributed by atoms with van der Waals surface area (Å²) in [7, 11) is 0. The fourth-order valence-corrected chi connectivity index (χ4v) is 1.10. The molecule has 1 rings (SSSR count). The van der Waals surface area contributed by atoms with Crippen LogP contribution in [0.4, 0.5) is 14.5 Å². The van der Waals surface area contributed by atoms with E-state index in [0.717, 1.165) is 6.07 Å². The van der Waals surface area contributed by atoms with E-state index in [1.165, 1.54) is 0 Å². The number of nitro benzene ring substituents is 1. The van der Waals surface area contributed by atoms with Gasteiger partial charge in [0.2, 0.25) is 5.82 Å². The Kier molecular flexibility index (Phi) is 3.28. The molecule has 15 heavy (non-hydrogen) atoms. The Morgan fingerprint density at radius 2 is 2.00 bits per heavy atom. The van der Waals surface area contributed by atoms with Gasteiger partial charge in [0, 0.05) is 30.3 Å². The van der Waals surface area contributed by atoms with Crippen molar-refractivity contribution in [3.05, 3.63) is 39.4 Å². The fraction of sp³-hybridized carbons (Fsp3) is 0.250. The number of benzene rings is 1. The first-order chi connectivity index (χ1) is 6.97. The van der Waals surface area contributed by atoms with Crippen LogP contribution in [-0.4, -0.2) is 11.5 Å². The van der Waals surface area contributed by atoms with Gasteiger partial charge in [0.25, 0.3) is 0 Å². The monoisotopic (exact) mass is 217 g/mol. The van der Waals surface area contributed by atoms with Crippen LogP contribution >= 0.6 is 0 Å². The molecule has 0 amide bonds. The molecular weight excluding hydrogens is 208 g/mol. The predicted molar refractivity (Wildman–Crippen MR) is 49.0 cm³/mol. The van der Waals surface area contributed by atoms with Crippen molar-refractivity contribution < 1.29 is 13.7 Å². The average molecular weight is 217 g/mol. The van der Waals surface area contributed by atoms with Crippen LogP contribution in [0.5, 0.6) is 0 Å². The summed E-state index contributed by atoms with van der Waals surface area (Å²) in [6.45, 7) is -0.0836. The maximum Gasteiger partial charge on any atom is 0.305 e. The second-order valence-corrected chi connectivity index (χ2v) is 2.92. The predicted octanol–water partition coefficient (Wildman–Crippen LogP) is 0.832. The molecule has 0 saturated heterocycles. The van der Waals surface area contributed by atoms with Gasteiger partial charge in [-0.1, -0.05) is 0 Å². The number of rotatable bonds is 3. The molecule has 0 bridgehead atoms. The fourth-order valence-electron chi connectivity index (χ4n) is 1.10. The van der Waals surface area contributed by atoms with Gasteiger partial charge in [-0.25, -0.2) is 4.39 Å². The molecule has 0 saturated carbocycles. The summed E-state index contributed by atoms with van der Waals surface area (Å²) < 4.78 is 26.0. The van der Waals surface area contributed by atoms with Crippen LogP contribution < -0.4 is 11.5 Å². The standard InChI is InChI=1S/C8H9F2N3O2/c9-5-2-6(10)8(13(14)15)1-4(5)7(12)3-11/h1-2,7H,3,11-12H2/t7-/m1/s1. The Balaban J connectivity index is 3.29. The number of hydrogen-bond donors (Lipinski definition) is 2. The van der Waals surface area contributed by atoms with E-state index >= 15 is 0 Å². The molecule has 7 heteroatoms. The lowest BCUT2D eigenvalue weighted by Crippen LogP contribution is -2.22. The number of halogens is 2. The van der Waals surface area contributed by atoms with E-state index in [1.807, 2.05) is 0 Å². The first-order valence-corrected chi connectivity index (χ1v) is 4.06. The van der Waals surface area contributed by atoms with Gasteiger partial charge in [-0.2, -0.15) is 4.39 Å².